The Balaban J connectivity index is 2.24. The molecule has 1 fully saturated rings. The van der Waals surface area contributed by atoms with Gasteiger partial charge in [-0.1, -0.05) is 6.92 Å². The lowest BCUT2D eigenvalue weighted by atomic mass is 10.0. The number of piperidine rings is 1. The molecule has 1 aliphatic heterocycles. The molecule has 0 bridgehead atoms. The van der Waals surface area contributed by atoms with Crippen LogP contribution in [0.3, 0.4) is 0 Å². The van der Waals surface area contributed by atoms with Crippen molar-refractivity contribution in [1.82, 2.24) is 14.2 Å². The van der Waals surface area contributed by atoms with Gasteiger partial charge in [-0.3, -0.25) is 9.59 Å². The average molecular weight is 357 g/mol. The summed E-state index contributed by atoms with van der Waals surface area (Å²) in [6, 6.07) is 0.230. The van der Waals surface area contributed by atoms with Crippen molar-refractivity contribution in [1.29, 1.82) is 0 Å². The van der Waals surface area contributed by atoms with Crippen LogP contribution >= 0.6 is 0 Å². The summed E-state index contributed by atoms with van der Waals surface area (Å²) in [6.07, 6.45) is 3.20. The van der Waals surface area contributed by atoms with E-state index in [0.717, 1.165) is 12.8 Å². The van der Waals surface area contributed by atoms with Crippen LogP contribution in [0, 0.1) is 5.92 Å². The van der Waals surface area contributed by atoms with Crippen LogP contribution in [-0.4, -0.2) is 53.4 Å². The van der Waals surface area contributed by atoms with Crippen LogP contribution in [0.1, 0.15) is 37.2 Å². The maximum absolute atomic E-state index is 12.7. The quantitative estimate of drug-likeness (QED) is 0.804. The van der Waals surface area contributed by atoms with E-state index in [1.165, 1.54) is 28.1 Å². The number of aryl methyl sites for hydroxylation is 1. The Hall–Kier alpha value is -1.87. The van der Waals surface area contributed by atoms with Gasteiger partial charge in [0.2, 0.25) is 10.0 Å². The molecule has 0 aliphatic carbocycles. The van der Waals surface area contributed by atoms with Gasteiger partial charge in [0, 0.05) is 26.3 Å². The van der Waals surface area contributed by atoms with E-state index < -0.39 is 27.9 Å². The number of nitrogens with one attached hydrogen (secondary N) is 1. The van der Waals surface area contributed by atoms with E-state index in [1.807, 2.05) is 6.92 Å². The standard InChI is InChI=1S/C15H23N3O5S/c1-10-5-4-6-18(8-10)24(22,23)12-7-13(17(3)9-12)14(19)16-11(2)15(20)21/h7,9-11H,4-6,8H2,1-3H3,(H,16,19)(H,20,21)/t10?,11-/m1/s1. The largest absolute Gasteiger partial charge is 0.480 e. The molecule has 1 aromatic heterocycles. The van der Waals surface area contributed by atoms with Crippen LogP contribution < -0.4 is 5.32 Å². The van der Waals surface area contributed by atoms with E-state index >= 15 is 0 Å². The number of rotatable bonds is 5. The summed E-state index contributed by atoms with van der Waals surface area (Å²) in [4.78, 5) is 23.0. The molecule has 2 rings (SSSR count). The van der Waals surface area contributed by atoms with Gasteiger partial charge in [-0.05, 0) is 31.7 Å². The van der Waals surface area contributed by atoms with Crippen LogP contribution in [0.15, 0.2) is 17.2 Å². The molecule has 134 valence electrons. The fourth-order valence-electron chi connectivity index (χ4n) is 2.75. The van der Waals surface area contributed by atoms with Gasteiger partial charge in [0.05, 0.1) is 0 Å². The maximum atomic E-state index is 12.7. The summed E-state index contributed by atoms with van der Waals surface area (Å²) in [5.74, 6) is -1.48. The highest BCUT2D eigenvalue weighted by molar-refractivity contribution is 7.89. The summed E-state index contributed by atoms with van der Waals surface area (Å²) < 4.78 is 28.3. The second-order valence-corrected chi connectivity index (χ2v) is 8.25. The van der Waals surface area contributed by atoms with E-state index in [9.17, 15) is 18.0 Å². The zero-order valence-electron chi connectivity index (χ0n) is 14.0. The first-order valence-electron chi connectivity index (χ1n) is 7.83. The number of hydrogen-bond donors (Lipinski definition) is 2. The molecule has 2 N–H and O–H groups in total. The van der Waals surface area contributed by atoms with Crippen LogP contribution in [0.2, 0.25) is 0 Å². The Morgan fingerprint density at radius 2 is 2.08 bits per heavy atom. The number of aromatic nitrogens is 1. The third kappa shape index (κ3) is 3.78. The maximum Gasteiger partial charge on any atom is 0.325 e. The predicted octanol–water partition coefficient (Wildman–Crippen LogP) is 0.649. The molecule has 2 heterocycles. The van der Waals surface area contributed by atoms with Gasteiger partial charge in [0.25, 0.3) is 5.91 Å². The Morgan fingerprint density at radius 3 is 2.67 bits per heavy atom. The lowest BCUT2D eigenvalue weighted by molar-refractivity contribution is -0.138. The van der Waals surface area contributed by atoms with Gasteiger partial charge in [0.15, 0.2) is 0 Å². The minimum atomic E-state index is -3.66. The van der Waals surface area contributed by atoms with Crippen molar-refractivity contribution in [2.24, 2.45) is 13.0 Å². The Labute approximate surface area is 141 Å². The lowest BCUT2D eigenvalue weighted by Gasteiger charge is -2.29. The van der Waals surface area contributed by atoms with Crippen LogP contribution in [-0.2, 0) is 21.9 Å². The number of hydrogen-bond acceptors (Lipinski definition) is 4. The summed E-state index contributed by atoms with van der Waals surface area (Å²) in [6.45, 7) is 4.29. The lowest BCUT2D eigenvalue weighted by Crippen LogP contribution is -2.39. The summed E-state index contributed by atoms with van der Waals surface area (Å²) in [5, 5.41) is 11.2. The first kappa shape index (κ1) is 18.5. The zero-order chi connectivity index (χ0) is 18.1. The van der Waals surface area contributed by atoms with Crippen molar-refractivity contribution >= 4 is 21.9 Å². The number of carbonyl (C=O) groups excluding carboxylic acids is 1. The summed E-state index contributed by atoms with van der Waals surface area (Å²) in [5.41, 5.74) is 0.103. The fraction of sp³-hybridized carbons (Fsp3) is 0.600. The molecule has 0 radical (unpaired) electrons. The fourth-order valence-corrected chi connectivity index (χ4v) is 4.42. The van der Waals surface area contributed by atoms with Crippen LogP contribution in [0.4, 0.5) is 0 Å². The minimum absolute atomic E-state index is 0.0484. The van der Waals surface area contributed by atoms with Crippen molar-refractivity contribution in [2.45, 2.75) is 37.6 Å². The van der Waals surface area contributed by atoms with E-state index in [4.69, 9.17) is 5.11 Å². The Kier molecular flexibility index (Phi) is 5.34. The second-order valence-electron chi connectivity index (χ2n) is 6.32. The minimum Gasteiger partial charge on any atom is -0.480 e. The summed E-state index contributed by atoms with van der Waals surface area (Å²) >= 11 is 0. The van der Waals surface area contributed by atoms with Gasteiger partial charge in [0.1, 0.15) is 16.6 Å². The molecule has 0 spiro atoms. The number of amides is 1. The zero-order valence-corrected chi connectivity index (χ0v) is 14.8. The first-order valence-corrected chi connectivity index (χ1v) is 9.27. The SMILES string of the molecule is CC1CCCN(S(=O)(=O)c2cc(C(=O)N[C@H](C)C(=O)O)n(C)c2)C1. The van der Waals surface area contributed by atoms with Gasteiger partial charge < -0.3 is 15.0 Å². The second kappa shape index (κ2) is 6.94. The molecule has 1 saturated heterocycles. The highest BCUT2D eigenvalue weighted by Crippen LogP contribution is 2.24. The number of sulfonamides is 1. The topological polar surface area (TPSA) is 109 Å². The molecule has 0 saturated carbocycles. The van der Waals surface area contributed by atoms with Gasteiger partial charge in [-0.15, -0.1) is 0 Å². The van der Waals surface area contributed by atoms with Crippen molar-refractivity contribution in [2.75, 3.05) is 13.1 Å². The van der Waals surface area contributed by atoms with Gasteiger partial charge >= 0.3 is 5.97 Å². The molecule has 2 atom stereocenters. The van der Waals surface area contributed by atoms with Gasteiger partial charge in [-0.2, -0.15) is 4.31 Å². The molecule has 1 unspecified atom stereocenters. The molecule has 9 heteroatoms. The van der Waals surface area contributed by atoms with Crippen molar-refractivity contribution < 1.29 is 23.1 Å². The first-order chi connectivity index (χ1) is 11.1. The van der Waals surface area contributed by atoms with E-state index in [1.54, 1.807) is 7.05 Å². The Morgan fingerprint density at radius 1 is 1.42 bits per heavy atom. The van der Waals surface area contributed by atoms with E-state index in [-0.39, 0.29) is 10.6 Å². The number of carboxylic acids is 1. The third-order valence-corrected chi connectivity index (χ3v) is 6.02. The Bertz CT molecular complexity index is 740. The smallest absolute Gasteiger partial charge is 0.325 e. The molecule has 24 heavy (non-hydrogen) atoms. The molecular formula is C15H23N3O5S. The van der Waals surface area contributed by atoms with E-state index in [0.29, 0.717) is 19.0 Å². The normalized spacial score (nSPS) is 20.5. The highest BCUT2D eigenvalue weighted by atomic mass is 32.2. The van der Waals surface area contributed by atoms with Crippen molar-refractivity contribution in [3.63, 3.8) is 0 Å². The number of carboxylic acid groups (broad SMARTS) is 1. The average Bonchev–Trinajstić information content (AvgIpc) is 2.89. The number of carbonyl (C=O) groups is 2. The molecule has 8 nitrogen and oxygen atoms in total. The third-order valence-electron chi connectivity index (χ3n) is 4.19. The number of aliphatic carboxylic acids is 1. The van der Waals surface area contributed by atoms with Crippen LogP contribution in [0.5, 0.6) is 0 Å². The van der Waals surface area contributed by atoms with E-state index in [2.05, 4.69) is 5.32 Å². The molecule has 1 aliphatic rings. The number of nitrogens with zero attached hydrogens (tertiary/aromatic N) is 2. The van der Waals surface area contributed by atoms with Crippen LogP contribution in [0.25, 0.3) is 0 Å². The predicted molar refractivity (Wildman–Crippen MR) is 87.1 cm³/mol. The molecular weight excluding hydrogens is 334 g/mol. The summed E-state index contributed by atoms with van der Waals surface area (Å²) in [7, 11) is -2.10. The molecule has 1 aromatic rings. The highest BCUT2D eigenvalue weighted by Gasteiger charge is 2.30. The molecule has 1 amide bonds. The van der Waals surface area contributed by atoms with Crippen molar-refractivity contribution in [3.8, 4) is 0 Å². The van der Waals surface area contributed by atoms with Crippen molar-refractivity contribution in [3.05, 3.63) is 18.0 Å². The van der Waals surface area contributed by atoms with Gasteiger partial charge in [-0.25, -0.2) is 8.42 Å². The monoisotopic (exact) mass is 357 g/mol. The molecule has 0 aromatic carbocycles.